The highest BCUT2D eigenvalue weighted by molar-refractivity contribution is 7.92. The van der Waals surface area contributed by atoms with Crippen LogP contribution in [0, 0.1) is 5.92 Å². The zero-order valence-corrected chi connectivity index (χ0v) is 14.1. The van der Waals surface area contributed by atoms with Crippen LogP contribution in [0.25, 0.3) is 0 Å². The largest absolute Gasteiger partial charge is 0.307 e. The Hall–Kier alpha value is -0.870. The molecular weight excluding hydrogens is 282 g/mol. The maximum Gasteiger partial charge on any atom is 0.181 e. The Kier molecular flexibility index (Phi) is 3.65. The molecule has 4 heteroatoms. The van der Waals surface area contributed by atoms with Crippen molar-refractivity contribution in [2.45, 2.75) is 69.2 Å². The predicted molar refractivity (Wildman–Crippen MR) is 85.3 cm³/mol. The Morgan fingerprint density at radius 2 is 1.76 bits per heavy atom. The summed E-state index contributed by atoms with van der Waals surface area (Å²) in [6.45, 7) is 8.14. The quantitative estimate of drug-likeness (QED) is 0.913. The van der Waals surface area contributed by atoms with Gasteiger partial charge >= 0.3 is 0 Å². The van der Waals surface area contributed by atoms with Gasteiger partial charge in [0.15, 0.2) is 9.84 Å². The first-order valence-corrected chi connectivity index (χ1v) is 9.52. The van der Waals surface area contributed by atoms with Crippen molar-refractivity contribution in [3.8, 4) is 0 Å². The van der Waals surface area contributed by atoms with E-state index in [9.17, 15) is 8.42 Å². The molecule has 1 aliphatic carbocycles. The van der Waals surface area contributed by atoms with E-state index in [2.05, 4.69) is 32.2 Å². The molecule has 0 spiro atoms. The van der Waals surface area contributed by atoms with Gasteiger partial charge in [0.1, 0.15) is 0 Å². The second-order valence-electron chi connectivity index (χ2n) is 6.92. The summed E-state index contributed by atoms with van der Waals surface area (Å²) in [5, 5.41) is 3.25. The minimum absolute atomic E-state index is 0.0874. The first-order valence-electron chi connectivity index (χ1n) is 7.98. The molecule has 3 nitrogen and oxygen atoms in total. The number of rotatable bonds is 2. The van der Waals surface area contributed by atoms with Crippen LogP contribution in [0.15, 0.2) is 17.0 Å². The zero-order valence-electron chi connectivity index (χ0n) is 13.3. The lowest BCUT2D eigenvalue weighted by atomic mass is 9.89. The second-order valence-corrected chi connectivity index (χ2v) is 9.19. The molecule has 1 heterocycles. The van der Waals surface area contributed by atoms with Crippen LogP contribution in [0.5, 0.6) is 0 Å². The molecule has 2 aliphatic rings. The molecule has 1 aromatic carbocycles. The van der Waals surface area contributed by atoms with Gasteiger partial charge in [0.05, 0.1) is 10.1 Å². The van der Waals surface area contributed by atoms with Crippen LogP contribution in [-0.2, 0) is 22.7 Å². The molecule has 3 rings (SSSR count). The molecule has 0 amide bonds. The van der Waals surface area contributed by atoms with Crippen molar-refractivity contribution in [2.24, 2.45) is 5.92 Å². The summed E-state index contributed by atoms with van der Waals surface area (Å²) in [6.07, 6.45) is 3.25. The maximum atomic E-state index is 12.8. The van der Waals surface area contributed by atoms with Crippen LogP contribution in [0.1, 0.15) is 56.8 Å². The molecule has 0 radical (unpaired) electrons. The maximum absolute atomic E-state index is 12.8. The molecule has 3 unspecified atom stereocenters. The van der Waals surface area contributed by atoms with Crippen molar-refractivity contribution in [3.05, 3.63) is 28.8 Å². The number of sulfone groups is 1. The van der Waals surface area contributed by atoms with E-state index in [1.54, 1.807) is 0 Å². The molecular formula is C17H25NO2S. The normalized spacial score (nSPS) is 30.2. The summed E-state index contributed by atoms with van der Waals surface area (Å²) in [6, 6.07) is 4.60. The Balaban J connectivity index is 2.20. The van der Waals surface area contributed by atoms with Crippen molar-refractivity contribution >= 4 is 9.84 Å². The van der Waals surface area contributed by atoms with Crippen LogP contribution in [0.4, 0.5) is 0 Å². The third-order valence-corrected chi connectivity index (χ3v) is 7.51. The zero-order chi connectivity index (χ0) is 15.4. The van der Waals surface area contributed by atoms with E-state index in [0.717, 1.165) is 24.8 Å². The fourth-order valence-electron chi connectivity index (χ4n) is 3.75. The van der Waals surface area contributed by atoms with Gasteiger partial charge in [-0.3, -0.25) is 0 Å². The number of fused-ring (bicyclic) bond motifs is 2. The third-order valence-electron chi connectivity index (χ3n) is 5.13. The van der Waals surface area contributed by atoms with E-state index in [1.807, 2.05) is 13.0 Å². The highest BCUT2D eigenvalue weighted by Crippen LogP contribution is 2.42. The van der Waals surface area contributed by atoms with Gasteiger partial charge in [-0.25, -0.2) is 8.42 Å². The summed E-state index contributed by atoms with van der Waals surface area (Å²) in [4.78, 5) is 0.576. The van der Waals surface area contributed by atoms with E-state index in [1.165, 1.54) is 11.1 Å². The number of hydrogen-bond acceptors (Lipinski definition) is 3. The molecule has 3 atom stereocenters. The van der Waals surface area contributed by atoms with Crippen LogP contribution in [0.2, 0.25) is 0 Å². The van der Waals surface area contributed by atoms with Gasteiger partial charge in [0.2, 0.25) is 0 Å². The van der Waals surface area contributed by atoms with Crippen molar-refractivity contribution < 1.29 is 8.42 Å². The van der Waals surface area contributed by atoms with Crippen molar-refractivity contribution in [1.29, 1.82) is 0 Å². The van der Waals surface area contributed by atoms with Gasteiger partial charge in [0.25, 0.3) is 0 Å². The highest BCUT2D eigenvalue weighted by Gasteiger charge is 2.42. The fourth-order valence-corrected chi connectivity index (χ4v) is 5.69. The summed E-state index contributed by atoms with van der Waals surface area (Å²) >= 11 is 0. The van der Waals surface area contributed by atoms with Crippen molar-refractivity contribution in [3.63, 3.8) is 0 Å². The number of nitrogens with one attached hydrogen (secondary N) is 1. The molecule has 116 valence electrons. The van der Waals surface area contributed by atoms with E-state index >= 15 is 0 Å². The molecule has 0 saturated heterocycles. The van der Waals surface area contributed by atoms with Crippen molar-refractivity contribution in [2.75, 3.05) is 0 Å². The van der Waals surface area contributed by atoms with Gasteiger partial charge in [-0.1, -0.05) is 26.8 Å². The lowest BCUT2D eigenvalue weighted by Crippen LogP contribution is -2.43. The summed E-state index contributed by atoms with van der Waals surface area (Å²) in [5.74, 6) is 0.0874. The molecule has 0 bridgehead atoms. The van der Waals surface area contributed by atoms with Crippen LogP contribution in [0.3, 0.4) is 0 Å². The van der Waals surface area contributed by atoms with Gasteiger partial charge in [-0.05, 0) is 54.9 Å². The number of hydrogen-bond donors (Lipinski definition) is 1. The smallest absolute Gasteiger partial charge is 0.181 e. The van der Waals surface area contributed by atoms with Gasteiger partial charge < -0.3 is 5.32 Å². The minimum atomic E-state index is -3.20. The SMILES string of the molecule is CC(C)NC1c2cc3c(cc2S(=O)(=O)C(C)C1C)CCC3. The second kappa shape index (κ2) is 5.10. The summed E-state index contributed by atoms with van der Waals surface area (Å²) in [5.41, 5.74) is 3.58. The summed E-state index contributed by atoms with van der Waals surface area (Å²) < 4.78 is 25.6. The molecule has 1 aliphatic heterocycles. The molecule has 0 aromatic heterocycles. The minimum Gasteiger partial charge on any atom is -0.307 e. The molecule has 0 fully saturated rings. The van der Waals surface area contributed by atoms with E-state index < -0.39 is 9.84 Å². The van der Waals surface area contributed by atoms with Gasteiger partial charge in [-0.15, -0.1) is 0 Å². The standard InChI is InChI=1S/C17H25NO2S/c1-10(2)18-17-11(3)12(4)21(19,20)16-9-14-7-5-6-13(14)8-15(16)17/h8-12,17-18H,5-7H2,1-4H3. The monoisotopic (exact) mass is 307 g/mol. The first kappa shape index (κ1) is 15.0. The number of aryl methyl sites for hydroxylation is 2. The third kappa shape index (κ3) is 2.33. The van der Waals surface area contributed by atoms with Crippen LogP contribution in [-0.4, -0.2) is 19.7 Å². The van der Waals surface area contributed by atoms with Crippen LogP contribution < -0.4 is 5.32 Å². The molecule has 1 aromatic rings. The van der Waals surface area contributed by atoms with Crippen LogP contribution >= 0.6 is 0 Å². The lowest BCUT2D eigenvalue weighted by molar-refractivity contribution is 0.336. The average Bonchev–Trinajstić information content (AvgIpc) is 2.87. The first-order chi connectivity index (χ1) is 9.82. The molecule has 1 N–H and O–H groups in total. The van der Waals surface area contributed by atoms with E-state index in [0.29, 0.717) is 10.9 Å². The predicted octanol–water partition coefficient (Wildman–Crippen LogP) is 3.03. The Bertz CT molecular complexity index is 664. The van der Waals surface area contributed by atoms with E-state index in [-0.39, 0.29) is 17.2 Å². The number of benzene rings is 1. The topological polar surface area (TPSA) is 46.2 Å². The summed E-state index contributed by atoms with van der Waals surface area (Å²) in [7, 11) is -3.20. The molecule has 21 heavy (non-hydrogen) atoms. The van der Waals surface area contributed by atoms with Gasteiger partial charge in [0, 0.05) is 12.1 Å². The Morgan fingerprint density at radius 1 is 1.14 bits per heavy atom. The van der Waals surface area contributed by atoms with Gasteiger partial charge in [-0.2, -0.15) is 0 Å². The van der Waals surface area contributed by atoms with E-state index in [4.69, 9.17) is 0 Å². The van der Waals surface area contributed by atoms with Crippen molar-refractivity contribution in [1.82, 2.24) is 5.32 Å². The Morgan fingerprint density at radius 3 is 2.38 bits per heavy atom. The Labute approximate surface area is 128 Å². The average molecular weight is 307 g/mol. The highest BCUT2D eigenvalue weighted by atomic mass is 32.2. The molecule has 0 saturated carbocycles. The lowest BCUT2D eigenvalue weighted by Gasteiger charge is -2.37. The fraction of sp³-hybridized carbons (Fsp3) is 0.647.